The Morgan fingerprint density at radius 2 is 1.62 bits per heavy atom. The Kier molecular flexibility index (Phi) is 6.12. The van der Waals surface area contributed by atoms with Gasteiger partial charge in [0.25, 0.3) is 0 Å². The molecular formula is C32H50O5. The zero-order valence-corrected chi connectivity index (χ0v) is 24.3. The van der Waals surface area contributed by atoms with Gasteiger partial charge in [-0.15, -0.1) is 0 Å². The van der Waals surface area contributed by atoms with Crippen molar-refractivity contribution in [2.45, 2.75) is 119 Å². The summed E-state index contributed by atoms with van der Waals surface area (Å²) in [5, 5.41) is 21.7. The molecule has 0 spiro atoms. The number of carbonyl (C=O) groups excluding carboxylic acids is 1. The summed E-state index contributed by atoms with van der Waals surface area (Å²) in [6, 6.07) is 0. The van der Waals surface area contributed by atoms with E-state index >= 15 is 0 Å². The van der Waals surface area contributed by atoms with E-state index in [0.29, 0.717) is 5.92 Å². The molecule has 5 rings (SSSR count). The molecular weight excluding hydrogens is 464 g/mol. The maximum Gasteiger partial charge on any atom is 0.310 e. The van der Waals surface area contributed by atoms with E-state index < -0.39 is 11.4 Å². The Labute approximate surface area is 223 Å². The number of fused-ring (bicyclic) bond motifs is 7. The molecule has 4 fully saturated rings. The summed E-state index contributed by atoms with van der Waals surface area (Å²) in [6.45, 7) is 15.7. The number of carboxylic acids is 1. The Bertz CT molecular complexity index is 1010. The lowest BCUT2D eigenvalue weighted by atomic mass is 9.33. The van der Waals surface area contributed by atoms with Crippen LogP contribution in [0.5, 0.6) is 0 Å². The van der Waals surface area contributed by atoms with Crippen molar-refractivity contribution in [3.05, 3.63) is 11.6 Å². The van der Waals surface area contributed by atoms with Crippen molar-refractivity contribution in [2.75, 3.05) is 6.61 Å². The van der Waals surface area contributed by atoms with E-state index in [1.807, 2.05) is 0 Å². The number of aliphatic hydroxyl groups is 1. The van der Waals surface area contributed by atoms with E-state index in [0.717, 1.165) is 64.2 Å². The molecule has 37 heavy (non-hydrogen) atoms. The molecule has 2 unspecified atom stereocenters. The Hall–Kier alpha value is -1.36. The maximum atomic E-state index is 12.8. The number of aliphatic carboxylic acids is 1. The molecule has 4 saturated carbocycles. The minimum absolute atomic E-state index is 0.00686. The van der Waals surface area contributed by atoms with E-state index in [1.54, 1.807) is 0 Å². The van der Waals surface area contributed by atoms with Gasteiger partial charge >= 0.3 is 11.9 Å². The summed E-state index contributed by atoms with van der Waals surface area (Å²) in [7, 11) is 0. The molecule has 0 aromatic carbocycles. The van der Waals surface area contributed by atoms with Crippen molar-refractivity contribution >= 4 is 11.9 Å². The van der Waals surface area contributed by atoms with Crippen LogP contribution in [0.3, 0.4) is 0 Å². The summed E-state index contributed by atoms with van der Waals surface area (Å²) >= 11 is 0. The molecule has 0 aromatic heterocycles. The van der Waals surface area contributed by atoms with Gasteiger partial charge in [-0.3, -0.25) is 9.59 Å². The normalized spacial score (nSPS) is 47.8. The third-order valence-corrected chi connectivity index (χ3v) is 13.3. The van der Waals surface area contributed by atoms with Crippen LogP contribution in [0.15, 0.2) is 11.6 Å². The predicted octanol–water partition coefficient (Wildman–Crippen LogP) is 6.78. The van der Waals surface area contributed by atoms with Crippen LogP contribution in [0.1, 0.15) is 113 Å². The molecule has 0 saturated heterocycles. The average molecular weight is 515 g/mol. The fraction of sp³-hybridized carbons (Fsp3) is 0.875. The first-order chi connectivity index (χ1) is 17.1. The van der Waals surface area contributed by atoms with Gasteiger partial charge in [-0.1, -0.05) is 53.2 Å². The van der Waals surface area contributed by atoms with Crippen LogP contribution < -0.4 is 0 Å². The van der Waals surface area contributed by atoms with Crippen LogP contribution in [0, 0.1) is 50.2 Å². The Morgan fingerprint density at radius 1 is 0.946 bits per heavy atom. The molecule has 5 heteroatoms. The molecule has 5 aliphatic carbocycles. The van der Waals surface area contributed by atoms with Gasteiger partial charge in [0.2, 0.25) is 0 Å². The van der Waals surface area contributed by atoms with E-state index in [9.17, 15) is 19.8 Å². The van der Waals surface area contributed by atoms with Gasteiger partial charge in [-0.05, 0) is 98.2 Å². The molecule has 2 N–H and O–H groups in total. The summed E-state index contributed by atoms with van der Waals surface area (Å²) < 4.78 is 5.84. The number of hydrogen-bond donors (Lipinski definition) is 2. The fourth-order valence-electron chi connectivity index (χ4n) is 11.0. The average Bonchev–Trinajstić information content (AvgIpc) is 2.80. The molecule has 0 aromatic rings. The van der Waals surface area contributed by atoms with Crippen LogP contribution in [0.4, 0.5) is 0 Å². The number of hydrogen-bond acceptors (Lipinski definition) is 4. The molecule has 208 valence electrons. The minimum Gasteiger partial charge on any atom is -0.481 e. The number of rotatable bonds is 3. The molecule has 0 aliphatic heterocycles. The van der Waals surface area contributed by atoms with E-state index in [4.69, 9.17) is 4.74 Å². The highest BCUT2D eigenvalue weighted by atomic mass is 16.5. The third-order valence-electron chi connectivity index (χ3n) is 13.3. The fourth-order valence-corrected chi connectivity index (χ4v) is 11.0. The lowest BCUT2D eigenvalue weighted by Gasteiger charge is -2.71. The predicted molar refractivity (Wildman–Crippen MR) is 144 cm³/mol. The minimum atomic E-state index is -0.625. The van der Waals surface area contributed by atoms with Gasteiger partial charge in [-0.25, -0.2) is 0 Å². The highest BCUT2D eigenvalue weighted by Crippen LogP contribution is 2.75. The van der Waals surface area contributed by atoms with Gasteiger partial charge in [0.1, 0.15) is 6.10 Å². The number of carboxylic acid groups (broad SMARTS) is 1. The van der Waals surface area contributed by atoms with Crippen LogP contribution in [0.2, 0.25) is 0 Å². The molecule has 0 bridgehead atoms. The second-order valence-electron chi connectivity index (χ2n) is 15.5. The van der Waals surface area contributed by atoms with Crippen molar-refractivity contribution in [3.63, 3.8) is 0 Å². The number of aliphatic hydroxyl groups excluding tert-OH is 1. The van der Waals surface area contributed by atoms with Gasteiger partial charge in [-0.2, -0.15) is 0 Å². The van der Waals surface area contributed by atoms with Crippen molar-refractivity contribution in [1.82, 2.24) is 0 Å². The number of esters is 1. The number of ether oxygens (including phenoxy) is 1. The van der Waals surface area contributed by atoms with Gasteiger partial charge < -0.3 is 14.9 Å². The molecule has 0 radical (unpaired) electrons. The largest absolute Gasteiger partial charge is 0.481 e. The van der Waals surface area contributed by atoms with E-state index in [-0.39, 0.29) is 57.6 Å². The van der Waals surface area contributed by atoms with Crippen molar-refractivity contribution < 1.29 is 24.5 Å². The zero-order chi connectivity index (χ0) is 27.2. The van der Waals surface area contributed by atoms with E-state index in [1.165, 1.54) is 12.5 Å². The smallest absolute Gasteiger partial charge is 0.310 e. The number of allylic oxidation sites excluding steroid dienone is 2. The second-order valence-corrected chi connectivity index (χ2v) is 15.5. The molecule has 5 nitrogen and oxygen atoms in total. The van der Waals surface area contributed by atoms with Crippen molar-refractivity contribution in [1.29, 1.82) is 0 Å². The van der Waals surface area contributed by atoms with Crippen LogP contribution in [-0.2, 0) is 14.3 Å². The summed E-state index contributed by atoms with van der Waals surface area (Å²) in [4.78, 5) is 24.7. The summed E-state index contributed by atoms with van der Waals surface area (Å²) in [5.41, 5.74) is 0.503. The standard InChI is InChI=1S/C32H50O5/c1-20(34)37-25-11-13-32(19-33)23(28(25,4)5)10-12-30(7)24(32)9-8-21-22-18-27(2,3)14-16-31(22,26(35)36)17-15-29(21,30)6/h8,22-25,33H,9-19H2,1-7H3,(H,35,36)/t22-,23?,24+,25?,29-,30-,31+,32-/m1/s1. The van der Waals surface area contributed by atoms with Gasteiger partial charge in [0.15, 0.2) is 0 Å². The maximum absolute atomic E-state index is 12.8. The topological polar surface area (TPSA) is 83.8 Å². The summed E-state index contributed by atoms with van der Waals surface area (Å²) in [6.07, 6.45) is 11.4. The quantitative estimate of drug-likeness (QED) is 0.320. The van der Waals surface area contributed by atoms with Crippen LogP contribution in [-0.4, -0.2) is 34.9 Å². The first-order valence-electron chi connectivity index (χ1n) is 14.8. The molecule has 8 atom stereocenters. The Balaban J connectivity index is 1.58. The first-order valence-corrected chi connectivity index (χ1v) is 14.8. The van der Waals surface area contributed by atoms with Crippen molar-refractivity contribution in [3.8, 4) is 0 Å². The lowest BCUT2D eigenvalue weighted by molar-refractivity contribution is -0.228. The summed E-state index contributed by atoms with van der Waals surface area (Å²) in [5.74, 6) is -0.0833. The highest BCUT2D eigenvalue weighted by Gasteiger charge is 2.70. The monoisotopic (exact) mass is 514 g/mol. The Morgan fingerprint density at radius 3 is 2.24 bits per heavy atom. The SMILES string of the molecule is CC(=O)OC1CC[C@@]2(CO)C(CC[C@]3(C)[C@@H]2CC=C2[C@H]4CC(C)(C)CC[C@]4(C(=O)O)CC[C@]23C)C1(C)C. The third kappa shape index (κ3) is 3.50. The van der Waals surface area contributed by atoms with Crippen LogP contribution in [0.25, 0.3) is 0 Å². The number of carbonyl (C=O) groups is 2. The second kappa shape index (κ2) is 8.32. The van der Waals surface area contributed by atoms with Crippen molar-refractivity contribution in [2.24, 2.45) is 50.2 Å². The molecule has 0 heterocycles. The molecule has 0 amide bonds. The zero-order valence-electron chi connectivity index (χ0n) is 24.3. The molecule has 5 aliphatic rings. The van der Waals surface area contributed by atoms with Crippen LogP contribution >= 0.6 is 0 Å². The van der Waals surface area contributed by atoms with E-state index in [2.05, 4.69) is 47.6 Å². The highest BCUT2D eigenvalue weighted by molar-refractivity contribution is 5.76. The lowest BCUT2D eigenvalue weighted by Crippen LogP contribution is -2.66. The van der Waals surface area contributed by atoms with Gasteiger partial charge in [0, 0.05) is 24.4 Å². The van der Waals surface area contributed by atoms with Gasteiger partial charge in [0.05, 0.1) is 5.41 Å². The first kappa shape index (κ1) is 27.2.